The first-order chi connectivity index (χ1) is 15.5. The molecule has 8 nitrogen and oxygen atoms in total. The Morgan fingerprint density at radius 1 is 1.06 bits per heavy atom. The van der Waals surface area contributed by atoms with Crippen LogP contribution in [0, 0.1) is 0 Å². The van der Waals surface area contributed by atoms with Crippen LogP contribution >= 0.6 is 0 Å². The zero-order chi connectivity index (χ0) is 22.2. The third-order valence-corrected chi connectivity index (χ3v) is 5.83. The van der Waals surface area contributed by atoms with Crippen LogP contribution < -0.4 is 15.6 Å². The van der Waals surface area contributed by atoms with Gasteiger partial charge in [0.15, 0.2) is 12.4 Å². The molecule has 1 aliphatic heterocycles. The number of allylic oxidation sites excluding steroid dienone is 2. The maximum atomic E-state index is 13.5. The topological polar surface area (TPSA) is 113 Å². The molecule has 0 fully saturated rings. The lowest BCUT2D eigenvalue weighted by Crippen LogP contribution is -2.29. The Balaban J connectivity index is 1.62. The fourth-order valence-corrected chi connectivity index (χ4v) is 4.43. The average Bonchev–Trinajstić information content (AvgIpc) is 3.13. The van der Waals surface area contributed by atoms with Crippen molar-refractivity contribution in [3.8, 4) is 11.4 Å². The number of H-pyrrole nitrogens is 1. The molecule has 32 heavy (non-hydrogen) atoms. The van der Waals surface area contributed by atoms with E-state index in [9.17, 15) is 14.4 Å². The monoisotopic (exact) mass is 431 g/mol. The van der Waals surface area contributed by atoms with Gasteiger partial charge in [-0.25, -0.2) is 9.48 Å². The van der Waals surface area contributed by atoms with Crippen LogP contribution in [-0.4, -0.2) is 33.2 Å². The molecule has 3 N–H and O–H groups in total. The number of hydrogen-bond acceptors (Lipinski definition) is 5. The standard InChI is InChI=1S/C24H21N3O5/c28-18-8-4-7-17-21(18)20(14-9-11-16(12-10-14)32-13-19(29)30)22-23(25-17)26-27(24(22)31)15-5-2-1-3-6-15/h1-3,5-6,9-12,20,25-26H,4,7-8,13H2,(H,29,30)/t20-/m0/s1. The summed E-state index contributed by atoms with van der Waals surface area (Å²) in [7, 11) is 0. The molecule has 162 valence electrons. The molecule has 0 unspecified atom stereocenters. The second-order valence-electron chi connectivity index (χ2n) is 7.86. The van der Waals surface area contributed by atoms with Crippen LogP contribution in [0.5, 0.6) is 5.75 Å². The summed E-state index contributed by atoms with van der Waals surface area (Å²) in [5, 5.41) is 15.3. The molecule has 0 radical (unpaired) electrons. The molecule has 2 aliphatic rings. The van der Waals surface area contributed by atoms with Crippen LogP contribution in [0.2, 0.25) is 0 Å². The van der Waals surface area contributed by atoms with Crippen LogP contribution in [0.15, 0.2) is 70.7 Å². The SMILES string of the molecule is O=C(O)COc1ccc([C@H]2C3=C(CCCC3=O)Nc3[nH]n(-c4ccccc4)c(=O)c32)cc1. The molecule has 2 heterocycles. The molecule has 0 amide bonds. The third-order valence-electron chi connectivity index (χ3n) is 5.83. The lowest BCUT2D eigenvalue weighted by atomic mass is 9.77. The molecule has 0 saturated carbocycles. The minimum atomic E-state index is -1.06. The van der Waals surface area contributed by atoms with E-state index in [4.69, 9.17) is 9.84 Å². The normalized spacial score (nSPS) is 17.4. The van der Waals surface area contributed by atoms with Gasteiger partial charge < -0.3 is 15.2 Å². The number of nitrogens with one attached hydrogen (secondary N) is 2. The second-order valence-corrected chi connectivity index (χ2v) is 7.86. The number of aromatic amines is 1. The Morgan fingerprint density at radius 3 is 2.53 bits per heavy atom. The van der Waals surface area contributed by atoms with Crippen LogP contribution in [0.4, 0.5) is 5.82 Å². The Hall–Kier alpha value is -4.07. The van der Waals surface area contributed by atoms with Crippen molar-refractivity contribution in [1.29, 1.82) is 0 Å². The number of para-hydroxylation sites is 1. The van der Waals surface area contributed by atoms with Crippen molar-refractivity contribution in [3.63, 3.8) is 0 Å². The van der Waals surface area contributed by atoms with Gasteiger partial charge in [-0.2, -0.15) is 0 Å². The molecule has 2 aromatic carbocycles. The van der Waals surface area contributed by atoms with E-state index in [0.717, 1.165) is 24.1 Å². The number of ketones is 1. The summed E-state index contributed by atoms with van der Waals surface area (Å²) < 4.78 is 6.71. The van der Waals surface area contributed by atoms with E-state index < -0.39 is 18.5 Å². The number of rotatable bonds is 5. The predicted octanol–water partition coefficient (Wildman–Crippen LogP) is 3.19. The van der Waals surface area contributed by atoms with Crippen molar-refractivity contribution < 1.29 is 19.4 Å². The molecule has 5 rings (SSSR count). The Kier molecular flexibility index (Phi) is 4.89. The molecule has 1 aromatic heterocycles. The van der Waals surface area contributed by atoms with Gasteiger partial charge in [-0.1, -0.05) is 30.3 Å². The molecule has 1 aliphatic carbocycles. The highest BCUT2D eigenvalue weighted by Crippen LogP contribution is 2.43. The van der Waals surface area contributed by atoms with Gasteiger partial charge in [0.2, 0.25) is 0 Å². The Bertz CT molecular complexity index is 1290. The van der Waals surface area contributed by atoms with Crippen molar-refractivity contribution in [2.45, 2.75) is 25.2 Å². The molecular formula is C24H21N3O5. The van der Waals surface area contributed by atoms with Gasteiger partial charge in [0.05, 0.1) is 11.3 Å². The van der Waals surface area contributed by atoms with Gasteiger partial charge in [-0.15, -0.1) is 0 Å². The number of ether oxygens (including phenoxy) is 1. The number of benzene rings is 2. The number of carbonyl (C=O) groups excluding carboxylic acids is 1. The summed E-state index contributed by atoms with van der Waals surface area (Å²) in [5.41, 5.74) is 3.20. The van der Waals surface area contributed by atoms with E-state index in [1.54, 1.807) is 24.3 Å². The molecule has 0 saturated heterocycles. The number of hydrogen-bond donors (Lipinski definition) is 3. The number of carboxylic acid groups (broad SMARTS) is 1. The molecule has 0 bridgehead atoms. The zero-order valence-electron chi connectivity index (χ0n) is 17.1. The van der Waals surface area contributed by atoms with Crippen LogP contribution in [0.25, 0.3) is 5.69 Å². The van der Waals surface area contributed by atoms with Gasteiger partial charge in [-0.05, 0) is 42.7 Å². The first kappa shape index (κ1) is 19.9. The van der Waals surface area contributed by atoms with Gasteiger partial charge >= 0.3 is 5.97 Å². The number of Topliss-reactive ketones (excluding diaryl/α,β-unsaturated/α-hetero) is 1. The number of carbonyl (C=O) groups is 2. The lowest BCUT2D eigenvalue weighted by molar-refractivity contribution is -0.139. The number of aromatic nitrogens is 2. The molecule has 3 aromatic rings. The van der Waals surface area contributed by atoms with E-state index in [1.807, 2.05) is 30.3 Å². The quantitative estimate of drug-likeness (QED) is 0.572. The smallest absolute Gasteiger partial charge is 0.341 e. The Labute approximate surface area is 183 Å². The summed E-state index contributed by atoms with van der Waals surface area (Å²) >= 11 is 0. The summed E-state index contributed by atoms with van der Waals surface area (Å²) in [4.78, 5) is 37.2. The van der Waals surface area contributed by atoms with Crippen molar-refractivity contribution in [3.05, 3.63) is 87.3 Å². The largest absolute Gasteiger partial charge is 0.482 e. The minimum Gasteiger partial charge on any atom is -0.482 e. The van der Waals surface area contributed by atoms with Gasteiger partial charge in [0.1, 0.15) is 11.6 Å². The van der Waals surface area contributed by atoms with Crippen molar-refractivity contribution in [2.24, 2.45) is 0 Å². The summed E-state index contributed by atoms with van der Waals surface area (Å²) in [6.07, 6.45) is 1.94. The number of nitrogens with zero attached hydrogens (tertiary/aromatic N) is 1. The first-order valence-electron chi connectivity index (χ1n) is 10.4. The number of carboxylic acids is 1. The Morgan fingerprint density at radius 2 is 1.81 bits per heavy atom. The fraction of sp³-hybridized carbons (Fsp3) is 0.208. The predicted molar refractivity (Wildman–Crippen MR) is 117 cm³/mol. The fourth-order valence-electron chi connectivity index (χ4n) is 4.43. The summed E-state index contributed by atoms with van der Waals surface area (Å²) in [6.45, 7) is -0.440. The van der Waals surface area contributed by atoms with Crippen molar-refractivity contribution in [1.82, 2.24) is 9.78 Å². The first-order valence-corrected chi connectivity index (χ1v) is 10.4. The maximum Gasteiger partial charge on any atom is 0.341 e. The van der Waals surface area contributed by atoms with Crippen molar-refractivity contribution in [2.75, 3.05) is 11.9 Å². The van der Waals surface area contributed by atoms with Crippen LogP contribution in [-0.2, 0) is 9.59 Å². The van der Waals surface area contributed by atoms with E-state index in [0.29, 0.717) is 34.8 Å². The van der Waals surface area contributed by atoms with Crippen molar-refractivity contribution >= 4 is 17.6 Å². The number of aliphatic carboxylic acids is 1. The maximum absolute atomic E-state index is 13.5. The highest BCUT2D eigenvalue weighted by Gasteiger charge is 2.38. The molecule has 0 spiro atoms. The summed E-state index contributed by atoms with van der Waals surface area (Å²) in [5.74, 6) is -0.550. The molecule has 1 atom stereocenters. The van der Waals surface area contributed by atoms with E-state index in [-0.39, 0.29) is 11.3 Å². The average molecular weight is 431 g/mol. The molecular weight excluding hydrogens is 410 g/mol. The second kappa shape index (κ2) is 7.88. The van der Waals surface area contributed by atoms with E-state index in [2.05, 4.69) is 10.4 Å². The number of anilines is 1. The highest BCUT2D eigenvalue weighted by molar-refractivity contribution is 6.00. The van der Waals surface area contributed by atoms with Crippen LogP contribution in [0.3, 0.4) is 0 Å². The van der Waals surface area contributed by atoms with Gasteiger partial charge in [0.25, 0.3) is 5.56 Å². The van der Waals surface area contributed by atoms with Crippen LogP contribution in [0.1, 0.15) is 36.3 Å². The van der Waals surface area contributed by atoms with Gasteiger partial charge in [-0.3, -0.25) is 14.7 Å². The summed E-state index contributed by atoms with van der Waals surface area (Å²) in [6, 6.07) is 16.2. The number of fused-ring (bicyclic) bond motifs is 1. The van der Waals surface area contributed by atoms with E-state index in [1.165, 1.54) is 4.68 Å². The minimum absolute atomic E-state index is 0.0347. The lowest BCUT2D eigenvalue weighted by Gasteiger charge is -2.31. The van der Waals surface area contributed by atoms with E-state index >= 15 is 0 Å². The molecule has 8 heteroatoms. The zero-order valence-corrected chi connectivity index (χ0v) is 17.1. The highest BCUT2D eigenvalue weighted by atomic mass is 16.5. The van der Waals surface area contributed by atoms with Gasteiger partial charge in [0, 0.05) is 23.6 Å². The third kappa shape index (κ3) is 3.39.